The third kappa shape index (κ3) is 3.04. The first-order chi connectivity index (χ1) is 6.59. The molecule has 1 aromatic rings. The number of nitrogens with one attached hydrogen (secondary N) is 1. The molecule has 6 nitrogen and oxygen atoms in total. The Morgan fingerprint density at radius 3 is 2.86 bits per heavy atom. The molecule has 78 valence electrons. The zero-order chi connectivity index (χ0) is 10.6. The standard InChI is InChI=1S/C8H15N5O/c1-12(2)8(14)9-5-4-7-10-6-13(3)11-7/h6H,4-5H2,1-3H3,(H,9,14). The minimum absolute atomic E-state index is 0.0964. The summed E-state index contributed by atoms with van der Waals surface area (Å²) in [6.45, 7) is 0.557. The molecular weight excluding hydrogens is 182 g/mol. The predicted molar refractivity (Wildman–Crippen MR) is 51.8 cm³/mol. The molecule has 6 heteroatoms. The van der Waals surface area contributed by atoms with E-state index < -0.39 is 0 Å². The second kappa shape index (κ2) is 4.59. The second-order valence-electron chi connectivity index (χ2n) is 3.21. The number of urea groups is 1. The monoisotopic (exact) mass is 197 g/mol. The second-order valence-corrected chi connectivity index (χ2v) is 3.21. The van der Waals surface area contributed by atoms with Crippen LogP contribution in [0.4, 0.5) is 4.79 Å². The van der Waals surface area contributed by atoms with E-state index >= 15 is 0 Å². The third-order valence-corrected chi connectivity index (χ3v) is 1.68. The van der Waals surface area contributed by atoms with Crippen LogP contribution in [0.15, 0.2) is 6.33 Å². The van der Waals surface area contributed by atoms with Crippen molar-refractivity contribution >= 4 is 6.03 Å². The molecule has 0 aliphatic heterocycles. The van der Waals surface area contributed by atoms with Gasteiger partial charge in [-0.2, -0.15) is 5.10 Å². The molecule has 0 aromatic carbocycles. The quantitative estimate of drug-likeness (QED) is 0.719. The minimum atomic E-state index is -0.0964. The number of rotatable bonds is 3. The molecule has 0 saturated carbocycles. The van der Waals surface area contributed by atoms with Crippen LogP contribution in [0.25, 0.3) is 0 Å². The summed E-state index contributed by atoms with van der Waals surface area (Å²) in [6, 6.07) is -0.0964. The highest BCUT2D eigenvalue weighted by molar-refractivity contribution is 5.73. The van der Waals surface area contributed by atoms with Gasteiger partial charge in [0.1, 0.15) is 6.33 Å². The summed E-state index contributed by atoms with van der Waals surface area (Å²) in [4.78, 5) is 16.6. The van der Waals surface area contributed by atoms with Gasteiger partial charge in [0.25, 0.3) is 0 Å². The van der Waals surface area contributed by atoms with Gasteiger partial charge >= 0.3 is 6.03 Å². The SMILES string of the molecule is CN(C)C(=O)NCCc1ncn(C)n1. The van der Waals surface area contributed by atoms with Crippen LogP contribution in [0.5, 0.6) is 0 Å². The number of nitrogens with zero attached hydrogens (tertiary/aromatic N) is 4. The summed E-state index contributed by atoms with van der Waals surface area (Å²) in [5.74, 6) is 0.742. The Hall–Kier alpha value is -1.59. The fraction of sp³-hybridized carbons (Fsp3) is 0.625. The van der Waals surface area contributed by atoms with Gasteiger partial charge in [-0.05, 0) is 0 Å². The molecule has 0 saturated heterocycles. The number of aryl methyl sites for hydroxylation is 1. The van der Waals surface area contributed by atoms with Crippen molar-refractivity contribution in [1.29, 1.82) is 0 Å². The highest BCUT2D eigenvalue weighted by Gasteiger charge is 2.03. The molecule has 0 unspecified atom stereocenters. The van der Waals surface area contributed by atoms with Gasteiger partial charge in [0, 0.05) is 34.1 Å². The van der Waals surface area contributed by atoms with E-state index in [4.69, 9.17) is 0 Å². The van der Waals surface area contributed by atoms with Gasteiger partial charge in [-0.25, -0.2) is 9.78 Å². The summed E-state index contributed by atoms with van der Waals surface area (Å²) in [5.41, 5.74) is 0. The van der Waals surface area contributed by atoms with E-state index in [9.17, 15) is 4.79 Å². The van der Waals surface area contributed by atoms with Crippen molar-refractivity contribution in [2.75, 3.05) is 20.6 Å². The van der Waals surface area contributed by atoms with Crippen LogP contribution >= 0.6 is 0 Å². The average Bonchev–Trinajstić information content (AvgIpc) is 2.51. The lowest BCUT2D eigenvalue weighted by atomic mass is 10.4. The van der Waals surface area contributed by atoms with Crippen molar-refractivity contribution < 1.29 is 4.79 Å². The van der Waals surface area contributed by atoms with Crippen molar-refractivity contribution in [3.05, 3.63) is 12.2 Å². The summed E-state index contributed by atoms with van der Waals surface area (Å²) in [7, 11) is 5.22. The van der Waals surface area contributed by atoms with E-state index in [1.165, 1.54) is 4.90 Å². The molecule has 0 spiro atoms. The van der Waals surface area contributed by atoms with Gasteiger partial charge in [0.15, 0.2) is 5.82 Å². The van der Waals surface area contributed by atoms with Gasteiger partial charge in [0.05, 0.1) is 0 Å². The first kappa shape index (κ1) is 10.5. The zero-order valence-corrected chi connectivity index (χ0v) is 8.69. The Morgan fingerprint density at radius 2 is 2.36 bits per heavy atom. The molecule has 1 N–H and O–H groups in total. The normalized spacial score (nSPS) is 9.93. The van der Waals surface area contributed by atoms with Gasteiger partial charge in [-0.3, -0.25) is 4.68 Å². The molecular formula is C8H15N5O. The lowest BCUT2D eigenvalue weighted by Crippen LogP contribution is -2.35. The van der Waals surface area contributed by atoms with E-state index in [0.29, 0.717) is 13.0 Å². The summed E-state index contributed by atoms with van der Waals surface area (Å²) in [6.07, 6.45) is 2.30. The molecule has 1 aromatic heterocycles. The predicted octanol–water partition coefficient (Wildman–Crippen LogP) is -0.371. The molecule has 1 heterocycles. The molecule has 1 rings (SSSR count). The minimum Gasteiger partial charge on any atom is -0.338 e. The fourth-order valence-electron chi connectivity index (χ4n) is 0.938. The van der Waals surface area contributed by atoms with Gasteiger partial charge in [0.2, 0.25) is 0 Å². The zero-order valence-electron chi connectivity index (χ0n) is 8.69. The molecule has 0 fully saturated rings. The van der Waals surface area contributed by atoms with Gasteiger partial charge < -0.3 is 10.2 Å². The Kier molecular flexibility index (Phi) is 3.44. The Morgan fingerprint density at radius 1 is 1.64 bits per heavy atom. The number of hydrogen-bond acceptors (Lipinski definition) is 3. The van der Waals surface area contributed by atoms with Crippen LogP contribution in [-0.4, -0.2) is 46.3 Å². The Labute approximate surface area is 82.9 Å². The Balaban J connectivity index is 2.25. The fourth-order valence-corrected chi connectivity index (χ4v) is 0.938. The maximum atomic E-state index is 11.1. The van der Waals surface area contributed by atoms with E-state index in [1.54, 1.807) is 25.1 Å². The molecule has 0 radical (unpaired) electrons. The van der Waals surface area contributed by atoms with Crippen molar-refractivity contribution in [2.45, 2.75) is 6.42 Å². The largest absolute Gasteiger partial charge is 0.338 e. The lowest BCUT2D eigenvalue weighted by Gasteiger charge is -2.10. The van der Waals surface area contributed by atoms with Crippen molar-refractivity contribution in [1.82, 2.24) is 25.0 Å². The maximum Gasteiger partial charge on any atom is 0.316 e. The van der Waals surface area contributed by atoms with E-state index in [0.717, 1.165) is 5.82 Å². The number of carbonyl (C=O) groups is 1. The summed E-state index contributed by atoms with van der Waals surface area (Å²) in [5, 5.41) is 6.83. The van der Waals surface area contributed by atoms with Crippen molar-refractivity contribution in [3.63, 3.8) is 0 Å². The smallest absolute Gasteiger partial charge is 0.316 e. The number of carbonyl (C=O) groups excluding carboxylic acids is 1. The van der Waals surface area contributed by atoms with Crippen LogP contribution < -0.4 is 5.32 Å². The Bertz CT molecular complexity index is 306. The van der Waals surface area contributed by atoms with E-state index in [1.807, 2.05) is 7.05 Å². The van der Waals surface area contributed by atoms with Gasteiger partial charge in [-0.15, -0.1) is 0 Å². The first-order valence-corrected chi connectivity index (χ1v) is 4.39. The van der Waals surface area contributed by atoms with Crippen LogP contribution in [0.2, 0.25) is 0 Å². The van der Waals surface area contributed by atoms with E-state index in [-0.39, 0.29) is 6.03 Å². The lowest BCUT2D eigenvalue weighted by molar-refractivity contribution is 0.217. The molecule has 0 aliphatic carbocycles. The van der Waals surface area contributed by atoms with Crippen molar-refractivity contribution in [2.24, 2.45) is 7.05 Å². The van der Waals surface area contributed by atoms with Crippen molar-refractivity contribution in [3.8, 4) is 0 Å². The molecule has 2 amide bonds. The highest BCUT2D eigenvalue weighted by atomic mass is 16.2. The average molecular weight is 197 g/mol. The van der Waals surface area contributed by atoms with Crippen LogP contribution in [0.1, 0.15) is 5.82 Å². The van der Waals surface area contributed by atoms with Gasteiger partial charge in [-0.1, -0.05) is 0 Å². The maximum absolute atomic E-state index is 11.1. The van der Waals surface area contributed by atoms with Crippen LogP contribution in [0, 0.1) is 0 Å². The van der Waals surface area contributed by atoms with Crippen LogP contribution in [0.3, 0.4) is 0 Å². The molecule has 0 bridgehead atoms. The summed E-state index contributed by atoms with van der Waals surface area (Å²) >= 11 is 0. The molecule has 0 atom stereocenters. The summed E-state index contributed by atoms with van der Waals surface area (Å²) < 4.78 is 1.64. The molecule has 0 aliphatic rings. The highest BCUT2D eigenvalue weighted by Crippen LogP contribution is 1.88. The number of hydrogen-bond donors (Lipinski definition) is 1. The van der Waals surface area contributed by atoms with E-state index in [2.05, 4.69) is 15.4 Å². The first-order valence-electron chi connectivity index (χ1n) is 4.39. The third-order valence-electron chi connectivity index (χ3n) is 1.68. The topological polar surface area (TPSA) is 63.1 Å². The number of aromatic nitrogens is 3. The van der Waals surface area contributed by atoms with Crippen LogP contribution in [-0.2, 0) is 13.5 Å². The molecule has 14 heavy (non-hydrogen) atoms. The number of amides is 2.